The van der Waals surface area contributed by atoms with E-state index < -0.39 is 6.10 Å². The molecular formula is C51H98O6. The molecule has 0 aliphatic carbocycles. The molecule has 0 amide bonds. The lowest BCUT2D eigenvalue weighted by molar-refractivity contribution is -0.167. The van der Waals surface area contributed by atoms with Gasteiger partial charge in [-0.1, -0.05) is 246 Å². The van der Waals surface area contributed by atoms with Crippen molar-refractivity contribution in [1.29, 1.82) is 0 Å². The van der Waals surface area contributed by atoms with E-state index in [-0.39, 0.29) is 31.1 Å². The van der Waals surface area contributed by atoms with Crippen LogP contribution in [0, 0.1) is 5.92 Å². The molecule has 0 saturated carbocycles. The Labute approximate surface area is 355 Å². The molecule has 0 aromatic heterocycles. The van der Waals surface area contributed by atoms with E-state index in [1.807, 2.05) is 0 Å². The van der Waals surface area contributed by atoms with Gasteiger partial charge in [0.25, 0.3) is 0 Å². The third-order valence-electron chi connectivity index (χ3n) is 11.9. The van der Waals surface area contributed by atoms with Crippen molar-refractivity contribution in [3.05, 3.63) is 0 Å². The molecule has 1 unspecified atom stereocenters. The number of hydrogen-bond donors (Lipinski definition) is 0. The number of carbonyl (C=O) groups is 3. The Bertz CT molecular complexity index is 859. The number of rotatable bonds is 46. The van der Waals surface area contributed by atoms with Crippen molar-refractivity contribution in [3.63, 3.8) is 0 Å². The molecule has 2 atom stereocenters. The van der Waals surface area contributed by atoms with Crippen LogP contribution < -0.4 is 0 Å². The number of unbranched alkanes of at least 4 members (excludes halogenated alkanes) is 32. The third kappa shape index (κ3) is 43.8. The number of hydrogen-bond acceptors (Lipinski definition) is 6. The first kappa shape index (κ1) is 55.4. The minimum absolute atomic E-state index is 0.0635. The van der Waals surface area contributed by atoms with E-state index in [0.717, 1.165) is 63.7 Å². The largest absolute Gasteiger partial charge is 0.462 e. The number of esters is 3. The summed E-state index contributed by atoms with van der Waals surface area (Å²) < 4.78 is 16.7. The number of carbonyl (C=O) groups excluding carboxylic acids is 3. The van der Waals surface area contributed by atoms with Crippen LogP contribution in [0.1, 0.15) is 285 Å². The van der Waals surface area contributed by atoms with Crippen molar-refractivity contribution in [2.24, 2.45) is 5.92 Å². The number of ether oxygens (including phenoxy) is 3. The Morgan fingerprint density at radius 1 is 0.351 bits per heavy atom. The van der Waals surface area contributed by atoms with Crippen molar-refractivity contribution in [3.8, 4) is 0 Å². The van der Waals surface area contributed by atoms with Crippen LogP contribution in [0.5, 0.6) is 0 Å². The van der Waals surface area contributed by atoms with Gasteiger partial charge in [0.15, 0.2) is 6.10 Å². The van der Waals surface area contributed by atoms with Crippen LogP contribution in [-0.4, -0.2) is 37.2 Å². The van der Waals surface area contributed by atoms with Crippen LogP contribution in [0.2, 0.25) is 0 Å². The lowest BCUT2D eigenvalue weighted by Gasteiger charge is -2.18. The minimum atomic E-state index is -0.759. The Hall–Kier alpha value is -1.59. The van der Waals surface area contributed by atoms with Gasteiger partial charge < -0.3 is 14.2 Å². The summed E-state index contributed by atoms with van der Waals surface area (Å²) >= 11 is 0. The summed E-state index contributed by atoms with van der Waals surface area (Å²) in [6.45, 7) is 9.03. The van der Waals surface area contributed by atoms with Crippen LogP contribution in [0.25, 0.3) is 0 Å². The normalized spacial score (nSPS) is 12.4. The van der Waals surface area contributed by atoms with Gasteiger partial charge in [-0.15, -0.1) is 0 Å². The zero-order valence-electron chi connectivity index (χ0n) is 38.8. The maximum absolute atomic E-state index is 12.6. The highest BCUT2D eigenvalue weighted by atomic mass is 16.6. The summed E-state index contributed by atoms with van der Waals surface area (Å²) in [5, 5.41) is 0. The van der Waals surface area contributed by atoms with Gasteiger partial charge in [-0.25, -0.2) is 0 Å². The molecule has 0 aliphatic heterocycles. The maximum atomic E-state index is 12.6. The van der Waals surface area contributed by atoms with E-state index in [1.54, 1.807) is 0 Å². The van der Waals surface area contributed by atoms with Crippen molar-refractivity contribution >= 4 is 17.9 Å². The fourth-order valence-corrected chi connectivity index (χ4v) is 7.66. The van der Waals surface area contributed by atoms with Gasteiger partial charge in [0.2, 0.25) is 0 Å². The Morgan fingerprint density at radius 3 is 0.912 bits per heavy atom. The molecule has 57 heavy (non-hydrogen) atoms. The zero-order chi connectivity index (χ0) is 41.7. The van der Waals surface area contributed by atoms with Gasteiger partial charge >= 0.3 is 17.9 Å². The summed E-state index contributed by atoms with van der Waals surface area (Å²) in [5.41, 5.74) is 0. The molecule has 0 fully saturated rings. The van der Waals surface area contributed by atoms with Gasteiger partial charge in [0.1, 0.15) is 13.2 Å². The summed E-state index contributed by atoms with van der Waals surface area (Å²) in [5.74, 6) is 0.0430. The van der Waals surface area contributed by atoms with Crippen molar-refractivity contribution < 1.29 is 28.6 Å². The second kappa shape index (κ2) is 45.5. The molecule has 0 rings (SSSR count). The lowest BCUT2D eigenvalue weighted by atomic mass is 9.99. The Balaban J connectivity index is 4.16. The first-order valence-electron chi connectivity index (χ1n) is 25.4. The van der Waals surface area contributed by atoms with Gasteiger partial charge in [0, 0.05) is 19.3 Å². The predicted molar refractivity (Wildman–Crippen MR) is 243 cm³/mol. The molecule has 0 bridgehead atoms. The monoisotopic (exact) mass is 807 g/mol. The van der Waals surface area contributed by atoms with Crippen LogP contribution >= 0.6 is 0 Å². The second-order valence-electron chi connectivity index (χ2n) is 17.7. The molecule has 0 aromatic rings. The highest BCUT2D eigenvalue weighted by Gasteiger charge is 2.19. The van der Waals surface area contributed by atoms with E-state index >= 15 is 0 Å². The maximum Gasteiger partial charge on any atom is 0.306 e. The van der Waals surface area contributed by atoms with Crippen LogP contribution in [-0.2, 0) is 28.6 Å². The molecule has 0 spiro atoms. The average Bonchev–Trinajstić information content (AvgIpc) is 3.21. The van der Waals surface area contributed by atoms with E-state index in [2.05, 4.69) is 27.7 Å². The molecule has 0 N–H and O–H groups in total. The van der Waals surface area contributed by atoms with Crippen molar-refractivity contribution in [1.82, 2.24) is 0 Å². The first-order valence-corrected chi connectivity index (χ1v) is 25.4. The van der Waals surface area contributed by atoms with Gasteiger partial charge in [-0.05, 0) is 25.2 Å². The SMILES string of the molecule is CCCCCCCCCCCCCCCCC(=O)OC[C@H](COC(=O)CCCCCCCCCCCCCCCCC(C)CC)OC(=O)CCCCCCCCC. The summed E-state index contributed by atoms with van der Waals surface area (Å²) in [4.78, 5) is 37.7. The molecule has 0 aromatic carbocycles. The molecule has 0 heterocycles. The highest BCUT2D eigenvalue weighted by molar-refractivity contribution is 5.71. The summed E-state index contributed by atoms with van der Waals surface area (Å²) in [7, 11) is 0. The topological polar surface area (TPSA) is 78.9 Å². The van der Waals surface area contributed by atoms with Gasteiger partial charge in [-0.2, -0.15) is 0 Å². The molecule has 6 nitrogen and oxygen atoms in total. The molecule has 0 saturated heterocycles. The second-order valence-corrected chi connectivity index (χ2v) is 17.7. The smallest absolute Gasteiger partial charge is 0.306 e. The van der Waals surface area contributed by atoms with E-state index in [0.29, 0.717) is 19.3 Å². The van der Waals surface area contributed by atoms with E-state index in [4.69, 9.17) is 14.2 Å². The Kier molecular flexibility index (Phi) is 44.2. The molecule has 0 aliphatic rings. The van der Waals surface area contributed by atoms with Crippen molar-refractivity contribution in [2.45, 2.75) is 291 Å². The van der Waals surface area contributed by atoms with Gasteiger partial charge in [0.05, 0.1) is 0 Å². The summed E-state index contributed by atoms with van der Waals surface area (Å²) in [6.07, 6.45) is 46.6. The fourth-order valence-electron chi connectivity index (χ4n) is 7.66. The standard InChI is InChI=1S/C51H98O6/c1-5-8-10-12-14-15-16-17-21-24-27-31-34-38-42-49(52)55-45-48(57-51(54)44-40-36-29-13-11-9-6-2)46-56-50(53)43-39-35-32-28-25-22-19-18-20-23-26-30-33-37-41-47(4)7-3/h47-48H,5-46H2,1-4H3/t47?,48-/m1/s1. The highest BCUT2D eigenvalue weighted by Crippen LogP contribution is 2.17. The first-order chi connectivity index (χ1) is 27.9. The van der Waals surface area contributed by atoms with Crippen LogP contribution in [0.4, 0.5) is 0 Å². The van der Waals surface area contributed by atoms with Crippen molar-refractivity contribution in [2.75, 3.05) is 13.2 Å². The van der Waals surface area contributed by atoms with E-state index in [9.17, 15) is 14.4 Å². The summed E-state index contributed by atoms with van der Waals surface area (Å²) in [6, 6.07) is 0. The predicted octanol–water partition coefficient (Wildman–Crippen LogP) is 16.3. The van der Waals surface area contributed by atoms with E-state index in [1.165, 1.54) is 180 Å². The van der Waals surface area contributed by atoms with Crippen LogP contribution in [0.3, 0.4) is 0 Å². The minimum Gasteiger partial charge on any atom is -0.462 e. The molecule has 0 radical (unpaired) electrons. The zero-order valence-corrected chi connectivity index (χ0v) is 38.8. The van der Waals surface area contributed by atoms with Crippen LogP contribution in [0.15, 0.2) is 0 Å². The van der Waals surface area contributed by atoms with Gasteiger partial charge in [-0.3, -0.25) is 14.4 Å². The third-order valence-corrected chi connectivity index (χ3v) is 11.9. The Morgan fingerprint density at radius 2 is 0.614 bits per heavy atom. The average molecular weight is 807 g/mol. The lowest BCUT2D eigenvalue weighted by Crippen LogP contribution is -2.30. The molecule has 6 heteroatoms. The fraction of sp³-hybridized carbons (Fsp3) is 0.941. The molecular weight excluding hydrogens is 709 g/mol. The molecule has 338 valence electrons. The quantitative estimate of drug-likeness (QED) is 0.0346.